The Morgan fingerprint density at radius 1 is 0.968 bits per heavy atom. The number of aliphatic imine (C=N–C) groups is 1. The molecule has 31 heavy (non-hydrogen) atoms. The zero-order valence-electron chi connectivity index (χ0n) is 17.6. The van der Waals surface area contributed by atoms with E-state index < -0.39 is 5.54 Å². The Bertz CT molecular complexity index is 1230. The van der Waals surface area contributed by atoms with E-state index in [0.29, 0.717) is 16.4 Å². The van der Waals surface area contributed by atoms with Crippen LogP contribution in [0.4, 0.5) is 15.8 Å². The summed E-state index contributed by atoms with van der Waals surface area (Å²) in [6, 6.07) is 19.9. The molecule has 0 aliphatic carbocycles. The second-order valence-electron chi connectivity index (χ2n) is 9.11. The number of hydrogen-bond acceptors (Lipinski definition) is 2. The molecule has 0 saturated carbocycles. The number of nitrogens with zero attached hydrogens (tertiary/aromatic N) is 2. The standard InChI is InChI=1S/C26H22ClFN2O/c1-25(2)15-26(3,16-7-9-17(27)10-8-16)21-6-4-5-20-22(24(31)30(25)23(20)21)29-19-13-11-18(28)12-14-19/h4-14H,15H2,1-3H3/t26-/m1/s1. The fraction of sp³-hybridized carbons (Fsp3) is 0.231. The summed E-state index contributed by atoms with van der Waals surface area (Å²) in [5, 5.41) is 0.700. The topological polar surface area (TPSA) is 32.7 Å². The van der Waals surface area contributed by atoms with Crippen LogP contribution in [-0.2, 0) is 10.2 Å². The number of benzene rings is 3. The number of para-hydroxylation sites is 1. The van der Waals surface area contributed by atoms with Gasteiger partial charge in [0.15, 0.2) is 0 Å². The fourth-order valence-electron chi connectivity index (χ4n) is 5.19. The molecular weight excluding hydrogens is 411 g/mol. The zero-order valence-corrected chi connectivity index (χ0v) is 18.4. The monoisotopic (exact) mass is 432 g/mol. The third-order valence-electron chi connectivity index (χ3n) is 6.46. The highest BCUT2D eigenvalue weighted by Gasteiger charge is 2.53. The highest BCUT2D eigenvalue weighted by Crippen LogP contribution is 2.54. The van der Waals surface area contributed by atoms with Gasteiger partial charge in [-0.2, -0.15) is 0 Å². The predicted octanol–water partition coefficient (Wildman–Crippen LogP) is 6.43. The summed E-state index contributed by atoms with van der Waals surface area (Å²) in [4.78, 5) is 20.1. The molecule has 3 nitrogen and oxygen atoms in total. The van der Waals surface area contributed by atoms with Gasteiger partial charge >= 0.3 is 0 Å². The van der Waals surface area contributed by atoms with Gasteiger partial charge in [0, 0.05) is 21.5 Å². The summed E-state index contributed by atoms with van der Waals surface area (Å²) in [6.07, 6.45) is 0.758. The van der Waals surface area contributed by atoms with Crippen LogP contribution < -0.4 is 4.90 Å². The van der Waals surface area contributed by atoms with Crippen molar-refractivity contribution in [2.24, 2.45) is 4.99 Å². The number of carbonyl (C=O) groups excluding carboxylic acids is 1. The normalized spacial score (nSPS) is 22.7. The van der Waals surface area contributed by atoms with E-state index in [1.165, 1.54) is 12.1 Å². The first-order valence-corrected chi connectivity index (χ1v) is 10.7. The number of rotatable bonds is 2. The van der Waals surface area contributed by atoms with E-state index in [9.17, 15) is 9.18 Å². The molecule has 0 bridgehead atoms. The van der Waals surface area contributed by atoms with Crippen molar-refractivity contribution in [3.05, 3.63) is 94.3 Å². The molecule has 2 heterocycles. The highest BCUT2D eigenvalue weighted by atomic mass is 35.5. The lowest BCUT2D eigenvalue weighted by Crippen LogP contribution is -2.54. The Morgan fingerprint density at radius 2 is 1.65 bits per heavy atom. The van der Waals surface area contributed by atoms with Gasteiger partial charge in [0.05, 0.1) is 11.4 Å². The molecule has 0 N–H and O–H groups in total. The van der Waals surface area contributed by atoms with Crippen LogP contribution in [-0.4, -0.2) is 17.2 Å². The van der Waals surface area contributed by atoms with Gasteiger partial charge in [0.2, 0.25) is 0 Å². The first-order chi connectivity index (χ1) is 14.7. The molecule has 0 aromatic heterocycles. The smallest absolute Gasteiger partial charge is 0.278 e. The van der Waals surface area contributed by atoms with E-state index in [1.807, 2.05) is 29.2 Å². The van der Waals surface area contributed by atoms with Gasteiger partial charge in [0.25, 0.3) is 5.91 Å². The lowest BCUT2D eigenvalue weighted by Gasteiger charge is -2.49. The van der Waals surface area contributed by atoms with Crippen molar-refractivity contribution < 1.29 is 9.18 Å². The van der Waals surface area contributed by atoms with Crippen molar-refractivity contribution in [1.82, 2.24) is 0 Å². The second kappa shape index (κ2) is 6.76. The molecule has 5 rings (SSSR count). The molecule has 3 aromatic carbocycles. The molecule has 156 valence electrons. The summed E-state index contributed by atoms with van der Waals surface area (Å²) in [6.45, 7) is 6.42. The van der Waals surface area contributed by atoms with Crippen LogP contribution in [0.5, 0.6) is 0 Å². The first kappa shape index (κ1) is 20.0. The second-order valence-corrected chi connectivity index (χ2v) is 9.54. The first-order valence-electron chi connectivity index (χ1n) is 10.3. The van der Waals surface area contributed by atoms with Gasteiger partial charge in [-0.1, -0.05) is 48.9 Å². The number of carbonyl (C=O) groups is 1. The maximum absolute atomic E-state index is 13.6. The van der Waals surface area contributed by atoms with E-state index in [4.69, 9.17) is 11.6 Å². The van der Waals surface area contributed by atoms with Crippen molar-refractivity contribution >= 4 is 34.6 Å². The van der Waals surface area contributed by atoms with E-state index >= 15 is 0 Å². The van der Waals surface area contributed by atoms with E-state index in [2.05, 4.69) is 44.0 Å². The third kappa shape index (κ3) is 3.01. The summed E-state index contributed by atoms with van der Waals surface area (Å²) < 4.78 is 13.3. The van der Waals surface area contributed by atoms with Gasteiger partial charge in [-0.3, -0.25) is 4.79 Å². The molecule has 2 aliphatic heterocycles. The number of halogens is 2. The molecule has 2 aliphatic rings. The molecule has 0 radical (unpaired) electrons. The lowest BCUT2D eigenvalue weighted by atomic mass is 9.65. The van der Waals surface area contributed by atoms with Crippen LogP contribution >= 0.6 is 11.6 Å². The van der Waals surface area contributed by atoms with Crippen molar-refractivity contribution in [2.45, 2.75) is 38.1 Å². The fourth-order valence-corrected chi connectivity index (χ4v) is 5.31. The molecule has 0 spiro atoms. The van der Waals surface area contributed by atoms with E-state index in [1.54, 1.807) is 12.1 Å². The molecule has 0 fully saturated rings. The SMILES string of the molecule is CC1(C)C[C@](C)(c2ccc(Cl)cc2)c2cccc3c2N1C(=O)C3=Nc1ccc(F)cc1. The minimum atomic E-state index is -0.422. The van der Waals surface area contributed by atoms with Gasteiger partial charge in [-0.05, 0) is 67.8 Å². The highest BCUT2D eigenvalue weighted by molar-refractivity contribution is 6.55. The van der Waals surface area contributed by atoms with Crippen LogP contribution in [0.1, 0.15) is 43.9 Å². The maximum Gasteiger partial charge on any atom is 0.278 e. The Labute approximate surface area is 186 Å². The van der Waals surface area contributed by atoms with Crippen LogP contribution in [0.2, 0.25) is 5.02 Å². The van der Waals surface area contributed by atoms with Gasteiger partial charge < -0.3 is 4.90 Å². The average molecular weight is 433 g/mol. The van der Waals surface area contributed by atoms with E-state index in [0.717, 1.165) is 28.8 Å². The zero-order chi connectivity index (χ0) is 22.0. The summed E-state index contributed by atoms with van der Waals surface area (Å²) in [5.74, 6) is -0.446. The van der Waals surface area contributed by atoms with Gasteiger partial charge in [-0.25, -0.2) is 9.38 Å². The lowest BCUT2D eigenvalue weighted by molar-refractivity contribution is -0.113. The minimum Gasteiger partial charge on any atom is -0.300 e. The van der Waals surface area contributed by atoms with Crippen molar-refractivity contribution in [1.29, 1.82) is 0 Å². The Hall–Kier alpha value is -2.98. The summed E-state index contributed by atoms with van der Waals surface area (Å²) in [7, 11) is 0. The Morgan fingerprint density at radius 3 is 2.32 bits per heavy atom. The molecule has 0 saturated heterocycles. The molecule has 0 unspecified atom stereocenters. The van der Waals surface area contributed by atoms with Gasteiger partial charge in [0.1, 0.15) is 11.5 Å². The van der Waals surface area contributed by atoms with Crippen molar-refractivity contribution in [3.63, 3.8) is 0 Å². The Balaban J connectivity index is 1.73. The largest absolute Gasteiger partial charge is 0.300 e. The maximum atomic E-state index is 13.6. The van der Waals surface area contributed by atoms with Gasteiger partial charge in [-0.15, -0.1) is 0 Å². The van der Waals surface area contributed by atoms with E-state index in [-0.39, 0.29) is 17.1 Å². The van der Waals surface area contributed by atoms with Crippen molar-refractivity contribution in [3.8, 4) is 0 Å². The quantitative estimate of drug-likeness (QED) is 0.459. The molecule has 1 amide bonds. The summed E-state index contributed by atoms with van der Waals surface area (Å²) >= 11 is 6.14. The van der Waals surface area contributed by atoms with Crippen LogP contribution in [0.3, 0.4) is 0 Å². The molecule has 1 atom stereocenters. The Kier molecular flexibility index (Phi) is 4.35. The predicted molar refractivity (Wildman–Crippen MR) is 123 cm³/mol. The number of amides is 1. The summed E-state index contributed by atoms with van der Waals surface area (Å²) in [5.41, 5.74) is 4.24. The molecule has 5 heteroatoms. The van der Waals surface area contributed by atoms with Crippen LogP contribution in [0.25, 0.3) is 0 Å². The average Bonchev–Trinajstić information content (AvgIpc) is 3.01. The molecule has 3 aromatic rings. The third-order valence-corrected chi connectivity index (χ3v) is 6.71. The number of anilines is 1. The number of hydrogen-bond donors (Lipinski definition) is 0. The van der Waals surface area contributed by atoms with Crippen LogP contribution in [0, 0.1) is 5.82 Å². The minimum absolute atomic E-state index is 0.116. The molecular formula is C26H22ClFN2O. The van der Waals surface area contributed by atoms with Crippen LogP contribution in [0.15, 0.2) is 71.7 Å². The van der Waals surface area contributed by atoms with Crippen molar-refractivity contribution in [2.75, 3.05) is 4.90 Å².